The molecular weight excluding hydrogens is 390 g/mol. The van der Waals surface area contributed by atoms with Gasteiger partial charge in [0.05, 0.1) is 11.3 Å². The van der Waals surface area contributed by atoms with Crippen LogP contribution in [0.4, 0.5) is 0 Å². The van der Waals surface area contributed by atoms with Crippen LogP contribution >= 0.6 is 31.9 Å². The van der Waals surface area contributed by atoms with Crippen molar-refractivity contribution in [2.75, 3.05) is 13.6 Å². The minimum Gasteiger partial charge on any atom is -0.481 e. The smallest absolute Gasteiger partial charge is 0.304 e. The SMILES string of the molecule is CN(CCC(=O)O)S(=O)(=O)c1ccc(Br)cc1Br. The second-order valence-electron chi connectivity index (χ2n) is 3.55. The Kier molecular flexibility index (Phi) is 5.32. The molecule has 0 radical (unpaired) electrons. The number of rotatable bonds is 5. The minimum atomic E-state index is -3.68. The number of carboxylic acids is 1. The highest BCUT2D eigenvalue weighted by Crippen LogP contribution is 2.27. The van der Waals surface area contributed by atoms with E-state index in [9.17, 15) is 13.2 Å². The van der Waals surface area contributed by atoms with Gasteiger partial charge >= 0.3 is 5.97 Å². The average Bonchev–Trinajstić information content (AvgIpc) is 2.24. The Morgan fingerprint density at radius 3 is 2.50 bits per heavy atom. The van der Waals surface area contributed by atoms with E-state index in [1.54, 1.807) is 12.1 Å². The molecule has 0 saturated heterocycles. The van der Waals surface area contributed by atoms with E-state index in [4.69, 9.17) is 5.11 Å². The average molecular weight is 401 g/mol. The van der Waals surface area contributed by atoms with Crippen LogP contribution in [0.2, 0.25) is 0 Å². The number of aliphatic carboxylic acids is 1. The monoisotopic (exact) mass is 399 g/mol. The zero-order chi connectivity index (χ0) is 13.9. The van der Waals surface area contributed by atoms with Crippen LogP contribution in [0.25, 0.3) is 0 Å². The highest BCUT2D eigenvalue weighted by atomic mass is 79.9. The van der Waals surface area contributed by atoms with Gasteiger partial charge in [0.25, 0.3) is 0 Å². The first-order chi connectivity index (χ1) is 8.25. The van der Waals surface area contributed by atoms with E-state index in [1.165, 1.54) is 13.1 Å². The zero-order valence-corrected chi connectivity index (χ0v) is 13.4. The van der Waals surface area contributed by atoms with Crippen molar-refractivity contribution < 1.29 is 18.3 Å². The van der Waals surface area contributed by atoms with Gasteiger partial charge in [-0.1, -0.05) is 15.9 Å². The molecule has 0 spiro atoms. The van der Waals surface area contributed by atoms with E-state index in [0.717, 1.165) is 8.78 Å². The molecular formula is C10H11Br2NO4S. The van der Waals surface area contributed by atoms with E-state index < -0.39 is 16.0 Å². The lowest BCUT2D eigenvalue weighted by atomic mass is 10.4. The van der Waals surface area contributed by atoms with Crippen LogP contribution < -0.4 is 0 Å². The van der Waals surface area contributed by atoms with Crippen LogP contribution in [0.3, 0.4) is 0 Å². The quantitative estimate of drug-likeness (QED) is 0.822. The highest BCUT2D eigenvalue weighted by molar-refractivity contribution is 9.11. The Hall–Kier alpha value is -0.440. The summed E-state index contributed by atoms with van der Waals surface area (Å²) in [5.41, 5.74) is 0. The third kappa shape index (κ3) is 3.78. The molecule has 1 rings (SSSR count). The summed E-state index contributed by atoms with van der Waals surface area (Å²) in [6.07, 6.45) is -0.232. The van der Waals surface area contributed by atoms with E-state index in [-0.39, 0.29) is 17.9 Å². The molecule has 0 aliphatic rings. The fourth-order valence-corrected chi connectivity index (χ4v) is 4.10. The number of carbonyl (C=O) groups is 1. The van der Waals surface area contributed by atoms with Crippen molar-refractivity contribution in [3.8, 4) is 0 Å². The summed E-state index contributed by atoms with van der Waals surface area (Å²) >= 11 is 6.41. The Morgan fingerprint density at radius 2 is 2.00 bits per heavy atom. The molecule has 0 amide bonds. The molecule has 0 aliphatic carbocycles. The summed E-state index contributed by atoms with van der Waals surface area (Å²) in [4.78, 5) is 10.6. The summed E-state index contributed by atoms with van der Waals surface area (Å²) in [5.74, 6) is -1.04. The predicted molar refractivity (Wildman–Crippen MR) is 73.9 cm³/mol. The highest BCUT2D eigenvalue weighted by Gasteiger charge is 2.23. The first kappa shape index (κ1) is 15.6. The summed E-state index contributed by atoms with van der Waals surface area (Å²) in [6.45, 7) is -0.0693. The second-order valence-corrected chi connectivity index (χ2v) is 7.33. The van der Waals surface area contributed by atoms with Crippen molar-refractivity contribution in [2.24, 2.45) is 0 Å². The van der Waals surface area contributed by atoms with Gasteiger partial charge in [-0.25, -0.2) is 12.7 Å². The van der Waals surface area contributed by atoms with Crippen molar-refractivity contribution in [2.45, 2.75) is 11.3 Å². The molecule has 0 saturated carbocycles. The predicted octanol–water partition coefficient (Wildman–Crippen LogP) is 2.31. The topological polar surface area (TPSA) is 74.7 Å². The number of nitrogens with zero attached hydrogens (tertiary/aromatic N) is 1. The van der Waals surface area contributed by atoms with E-state index in [0.29, 0.717) is 4.47 Å². The van der Waals surface area contributed by atoms with Crippen molar-refractivity contribution in [3.05, 3.63) is 27.1 Å². The Bertz CT molecular complexity index is 559. The van der Waals surface area contributed by atoms with Gasteiger partial charge in [-0.05, 0) is 34.1 Å². The number of halogens is 2. The van der Waals surface area contributed by atoms with Crippen LogP contribution in [-0.4, -0.2) is 37.4 Å². The molecule has 0 aromatic heterocycles. The zero-order valence-electron chi connectivity index (χ0n) is 9.43. The molecule has 1 aromatic rings. The standard InChI is InChI=1S/C10H11Br2NO4S/c1-13(5-4-10(14)15)18(16,17)9-3-2-7(11)6-8(9)12/h2-3,6H,4-5H2,1H3,(H,14,15). The van der Waals surface area contributed by atoms with Gasteiger partial charge in [0.15, 0.2) is 0 Å². The second kappa shape index (κ2) is 6.14. The van der Waals surface area contributed by atoms with E-state index >= 15 is 0 Å². The van der Waals surface area contributed by atoms with Gasteiger partial charge < -0.3 is 5.11 Å². The molecule has 100 valence electrons. The number of carboxylic acid groups (broad SMARTS) is 1. The van der Waals surface area contributed by atoms with Gasteiger partial charge in [0, 0.05) is 22.5 Å². The van der Waals surface area contributed by atoms with Crippen LogP contribution in [0, 0.1) is 0 Å². The largest absolute Gasteiger partial charge is 0.481 e. The molecule has 8 heteroatoms. The van der Waals surface area contributed by atoms with Crippen LogP contribution in [0.1, 0.15) is 6.42 Å². The van der Waals surface area contributed by atoms with E-state index in [1.807, 2.05) is 0 Å². The summed E-state index contributed by atoms with van der Waals surface area (Å²) in [7, 11) is -2.33. The Labute approximate surface area is 122 Å². The molecule has 0 atom stereocenters. The molecule has 1 aromatic carbocycles. The number of sulfonamides is 1. The van der Waals surface area contributed by atoms with Crippen molar-refractivity contribution in [1.29, 1.82) is 0 Å². The van der Waals surface area contributed by atoms with Crippen molar-refractivity contribution >= 4 is 47.9 Å². The van der Waals surface area contributed by atoms with Gasteiger partial charge in [-0.2, -0.15) is 0 Å². The van der Waals surface area contributed by atoms with Gasteiger partial charge in [0.2, 0.25) is 10.0 Å². The lowest BCUT2D eigenvalue weighted by molar-refractivity contribution is -0.137. The molecule has 0 fully saturated rings. The first-order valence-corrected chi connectivity index (χ1v) is 7.91. The lowest BCUT2D eigenvalue weighted by Crippen LogP contribution is -2.29. The molecule has 18 heavy (non-hydrogen) atoms. The lowest BCUT2D eigenvalue weighted by Gasteiger charge is -2.17. The van der Waals surface area contributed by atoms with Gasteiger partial charge in [-0.3, -0.25) is 4.79 Å². The molecule has 5 nitrogen and oxygen atoms in total. The maximum absolute atomic E-state index is 12.2. The first-order valence-electron chi connectivity index (χ1n) is 4.88. The fraction of sp³-hybridized carbons (Fsp3) is 0.300. The maximum Gasteiger partial charge on any atom is 0.304 e. The Morgan fingerprint density at radius 1 is 1.39 bits per heavy atom. The molecule has 0 aliphatic heterocycles. The molecule has 0 bridgehead atoms. The summed E-state index contributed by atoms with van der Waals surface area (Å²) in [5, 5.41) is 8.55. The third-order valence-electron chi connectivity index (χ3n) is 2.22. The number of hydrogen-bond donors (Lipinski definition) is 1. The van der Waals surface area contributed by atoms with Gasteiger partial charge in [0.1, 0.15) is 0 Å². The molecule has 1 N–H and O–H groups in total. The summed E-state index contributed by atoms with van der Waals surface area (Å²) < 4.78 is 26.5. The number of hydrogen-bond acceptors (Lipinski definition) is 3. The summed E-state index contributed by atoms with van der Waals surface area (Å²) in [6, 6.07) is 4.70. The van der Waals surface area contributed by atoms with Crippen LogP contribution in [-0.2, 0) is 14.8 Å². The third-order valence-corrected chi connectivity index (χ3v) is 5.55. The van der Waals surface area contributed by atoms with Crippen molar-refractivity contribution in [1.82, 2.24) is 4.31 Å². The van der Waals surface area contributed by atoms with Crippen LogP contribution in [0.15, 0.2) is 32.0 Å². The van der Waals surface area contributed by atoms with Gasteiger partial charge in [-0.15, -0.1) is 0 Å². The van der Waals surface area contributed by atoms with E-state index in [2.05, 4.69) is 31.9 Å². The van der Waals surface area contributed by atoms with Crippen LogP contribution in [0.5, 0.6) is 0 Å². The normalized spacial score (nSPS) is 11.8. The maximum atomic E-state index is 12.2. The molecule has 0 heterocycles. The minimum absolute atomic E-state index is 0.0693. The Balaban J connectivity index is 3.02. The number of benzene rings is 1. The molecule has 0 unspecified atom stereocenters. The van der Waals surface area contributed by atoms with Crippen molar-refractivity contribution in [3.63, 3.8) is 0 Å². The fourth-order valence-electron chi connectivity index (χ4n) is 1.23.